The highest BCUT2D eigenvalue weighted by Gasteiger charge is 2.19. The number of anilines is 4. The molecule has 0 radical (unpaired) electrons. The van der Waals surface area contributed by atoms with E-state index in [-0.39, 0.29) is 11.3 Å². The fraction of sp³-hybridized carbons (Fsp3) is 0.0435. The number of amides is 1. The van der Waals surface area contributed by atoms with Gasteiger partial charge in [-0.1, -0.05) is 6.07 Å². The van der Waals surface area contributed by atoms with Gasteiger partial charge < -0.3 is 5.32 Å². The number of nitrogens with zero attached hydrogens (tertiary/aromatic N) is 4. The zero-order valence-electron chi connectivity index (χ0n) is 16.4. The van der Waals surface area contributed by atoms with Gasteiger partial charge in [-0.25, -0.2) is 9.37 Å². The number of nitrogens with one attached hydrogen (secondary N) is 1. The van der Waals surface area contributed by atoms with Crippen LogP contribution in [0.4, 0.5) is 26.6 Å². The maximum Gasteiger partial charge on any atom is 0.255 e. The molecule has 0 aliphatic rings. The lowest BCUT2D eigenvalue weighted by Crippen LogP contribution is -2.16. The SMILES string of the molecule is Cc1ccc(C(=O)Nc2ccc(C#N)cc2F)cc1N(c1ccncc1)c1nccs1. The smallest absolute Gasteiger partial charge is 0.255 e. The molecular formula is C23H16FN5OS. The van der Waals surface area contributed by atoms with Crippen molar-refractivity contribution in [3.8, 4) is 6.07 Å². The topological polar surface area (TPSA) is 81.9 Å². The van der Waals surface area contributed by atoms with E-state index in [0.29, 0.717) is 5.56 Å². The van der Waals surface area contributed by atoms with Gasteiger partial charge in [-0.2, -0.15) is 5.26 Å². The first-order valence-electron chi connectivity index (χ1n) is 9.28. The summed E-state index contributed by atoms with van der Waals surface area (Å²) in [4.78, 5) is 23.3. The number of carbonyl (C=O) groups excluding carboxylic acids is 1. The van der Waals surface area contributed by atoms with Gasteiger partial charge in [-0.3, -0.25) is 14.7 Å². The Morgan fingerprint density at radius 1 is 1.13 bits per heavy atom. The quantitative estimate of drug-likeness (QED) is 0.448. The van der Waals surface area contributed by atoms with Crippen LogP contribution in [0, 0.1) is 24.1 Å². The van der Waals surface area contributed by atoms with Crippen LogP contribution in [0.25, 0.3) is 0 Å². The molecule has 0 bridgehead atoms. The number of thiazole rings is 1. The number of rotatable bonds is 5. The Bertz CT molecular complexity index is 1270. The van der Waals surface area contributed by atoms with Gasteiger partial charge >= 0.3 is 0 Å². The molecule has 0 saturated heterocycles. The summed E-state index contributed by atoms with van der Waals surface area (Å²) in [6.45, 7) is 1.94. The van der Waals surface area contributed by atoms with Crippen molar-refractivity contribution in [2.24, 2.45) is 0 Å². The molecule has 0 aliphatic carbocycles. The minimum absolute atomic E-state index is 0.0111. The predicted molar refractivity (Wildman–Crippen MR) is 118 cm³/mol. The Labute approximate surface area is 182 Å². The van der Waals surface area contributed by atoms with Gasteiger partial charge in [0.2, 0.25) is 0 Å². The van der Waals surface area contributed by atoms with Crippen molar-refractivity contribution in [3.05, 3.63) is 95.0 Å². The van der Waals surface area contributed by atoms with E-state index in [4.69, 9.17) is 5.26 Å². The Kier molecular flexibility index (Phi) is 5.69. The van der Waals surface area contributed by atoms with Crippen molar-refractivity contribution in [2.75, 3.05) is 10.2 Å². The largest absolute Gasteiger partial charge is 0.319 e. The molecule has 6 nitrogen and oxygen atoms in total. The normalized spacial score (nSPS) is 10.4. The third kappa shape index (κ3) is 4.27. The maximum atomic E-state index is 14.2. The summed E-state index contributed by atoms with van der Waals surface area (Å²) in [6.07, 6.45) is 5.10. The van der Waals surface area contributed by atoms with E-state index in [1.165, 1.54) is 23.5 Å². The zero-order valence-corrected chi connectivity index (χ0v) is 17.2. The zero-order chi connectivity index (χ0) is 21.8. The fourth-order valence-corrected chi connectivity index (χ4v) is 3.72. The molecule has 2 aromatic carbocycles. The van der Waals surface area contributed by atoms with E-state index >= 15 is 0 Å². The van der Waals surface area contributed by atoms with Crippen LogP contribution in [0.1, 0.15) is 21.5 Å². The van der Waals surface area contributed by atoms with Crippen molar-refractivity contribution in [1.29, 1.82) is 5.26 Å². The second kappa shape index (κ2) is 8.73. The second-order valence-electron chi connectivity index (χ2n) is 6.62. The highest BCUT2D eigenvalue weighted by atomic mass is 32.1. The minimum Gasteiger partial charge on any atom is -0.319 e. The number of nitriles is 1. The molecule has 2 heterocycles. The molecule has 0 saturated carbocycles. The number of halogens is 1. The number of aryl methyl sites for hydroxylation is 1. The molecular weight excluding hydrogens is 413 g/mol. The molecule has 0 fully saturated rings. The number of carbonyl (C=O) groups is 1. The summed E-state index contributed by atoms with van der Waals surface area (Å²) in [5, 5.41) is 14.1. The van der Waals surface area contributed by atoms with Crippen LogP contribution in [0.5, 0.6) is 0 Å². The lowest BCUT2D eigenvalue weighted by molar-refractivity contribution is 0.102. The molecule has 152 valence electrons. The van der Waals surface area contributed by atoms with Crippen molar-refractivity contribution >= 4 is 39.4 Å². The van der Waals surface area contributed by atoms with Crippen molar-refractivity contribution in [1.82, 2.24) is 9.97 Å². The predicted octanol–water partition coefficient (Wildman–Crippen LogP) is 5.58. The molecule has 2 aromatic heterocycles. The van der Waals surface area contributed by atoms with Gasteiger partial charge in [0.1, 0.15) is 5.82 Å². The number of benzene rings is 2. The number of hydrogen-bond donors (Lipinski definition) is 1. The van der Waals surface area contributed by atoms with Crippen LogP contribution in [0.3, 0.4) is 0 Å². The van der Waals surface area contributed by atoms with E-state index in [1.807, 2.05) is 41.5 Å². The first-order chi connectivity index (χ1) is 15.1. The first-order valence-corrected chi connectivity index (χ1v) is 10.2. The Balaban J connectivity index is 1.71. The Morgan fingerprint density at radius 3 is 2.61 bits per heavy atom. The molecule has 1 amide bonds. The standard InChI is InChI=1S/C23H16FN5OS/c1-15-2-4-17(22(30)28-20-5-3-16(14-25)12-19(20)24)13-21(15)29(23-27-10-11-31-23)18-6-8-26-9-7-18/h2-13H,1H3,(H,28,30). The van der Waals surface area contributed by atoms with Crippen molar-refractivity contribution in [2.45, 2.75) is 6.92 Å². The van der Waals surface area contributed by atoms with Crippen LogP contribution in [0.15, 0.2) is 72.5 Å². The van der Waals surface area contributed by atoms with Crippen molar-refractivity contribution in [3.63, 3.8) is 0 Å². The van der Waals surface area contributed by atoms with E-state index < -0.39 is 11.7 Å². The fourth-order valence-electron chi connectivity index (χ4n) is 3.04. The summed E-state index contributed by atoms with van der Waals surface area (Å²) < 4.78 is 14.2. The summed E-state index contributed by atoms with van der Waals surface area (Å²) in [5.74, 6) is -1.13. The highest BCUT2D eigenvalue weighted by Crippen LogP contribution is 2.37. The molecule has 0 atom stereocenters. The summed E-state index contributed by atoms with van der Waals surface area (Å²) >= 11 is 1.47. The van der Waals surface area contributed by atoms with Crippen LogP contribution in [0.2, 0.25) is 0 Å². The average Bonchev–Trinajstić information content (AvgIpc) is 3.31. The number of hydrogen-bond acceptors (Lipinski definition) is 6. The van der Waals surface area contributed by atoms with E-state index in [0.717, 1.165) is 28.1 Å². The third-order valence-electron chi connectivity index (χ3n) is 4.59. The molecule has 1 N–H and O–H groups in total. The van der Waals surface area contributed by atoms with E-state index in [9.17, 15) is 9.18 Å². The van der Waals surface area contributed by atoms with Gasteiger partial charge in [0.25, 0.3) is 5.91 Å². The highest BCUT2D eigenvalue weighted by molar-refractivity contribution is 7.13. The minimum atomic E-state index is -0.666. The van der Waals surface area contributed by atoms with E-state index in [2.05, 4.69) is 15.3 Å². The van der Waals surface area contributed by atoms with Gasteiger partial charge in [0.15, 0.2) is 5.13 Å². The summed E-state index contributed by atoms with van der Waals surface area (Å²) in [5.41, 5.74) is 3.12. The van der Waals surface area contributed by atoms with Crippen LogP contribution in [-0.2, 0) is 0 Å². The van der Waals surface area contributed by atoms with Gasteiger partial charge in [0.05, 0.1) is 28.7 Å². The van der Waals surface area contributed by atoms with Gasteiger partial charge in [0, 0.05) is 29.5 Å². The van der Waals surface area contributed by atoms with Crippen LogP contribution in [-0.4, -0.2) is 15.9 Å². The molecule has 0 unspecified atom stereocenters. The van der Waals surface area contributed by atoms with E-state index in [1.54, 1.807) is 30.7 Å². The third-order valence-corrected chi connectivity index (χ3v) is 5.35. The lowest BCUT2D eigenvalue weighted by atomic mass is 10.1. The first kappa shape index (κ1) is 20.2. The van der Waals surface area contributed by atoms with Crippen LogP contribution < -0.4 is 10.2 Å². The monoisotopic (exact) mass is 429 g/mol. The lowest BCUT2D eigenvalue weighted by Gasteiger charge is -2.24. The van der Waals surface area contributed by atoms with Crippen molar-refractivity contribution < 1.29 is 9.18 Å². The number of pyridine rings is 1. The summed E-state index contributed by atoms with van der Waals surface area (Å²) in [6, 6.07) is 14.8. The Morgan fingerprint density at radius 2 is 1.94 bits per heavy atom. The van der Waals surface area contributed by atoms with Gasteiger partial charge in [-0.15, -0.1) is 11.3 Å². The second-order valence-corrected chi connectivity index (χ2v) is 7.49. The molecule has 8 heteroatoms. The van der Waals surface area contributed by atoms with Gasteiger partial charge in [-0.05, 0) is 55.0 Å². The molecule has 0 aliphatic heterocycles. The molecule has 31 heavy (non-hydrogen) atoms. The molecule has 4 aromatic rings. The molecule has 4 rings (SSSR count). The summed E-state index contributed by atoms with van der Waals surface area (Å²) in [7, 11) is 0. The maximum absolute atomic E-state index is 14.2. The molecule has 0 spiro atoms. The number of aromatic nitrogens is 2. The van der Waals surface area contributed by atoms with Crippen LogP contribution >= 0.6 is 11.3 Å². The average molecular weight is 429 g/mol. The Hall–Kier alpha value is -4.09.